The summed E-state index contributed by atoms with van der Waals surface area (Å²) in [6, 6.07) is 6.41. The van der Waals surface area contributed by atoms with Gasteiger partial charge < -0.3 is 9.84 Å². The standard InChI is InChI=1S/C14H23NO4S/c1-4-12(2)15(9-10-19-3)20(17,18)14-8-6-5-7-13(14)11-16/h5-8,12,16H,4,9-11H2,1-3H3. The van der Waals surface area contributed by atoms with E-state index < -0.39 is 10.0 Å². The van der Waals surface area contributed by atoms with E-state index in [1.54, 1.807) is 25.3 Å². The minimum atomic E-state index is -3.63. The molecule has 0 amide bonds. The lowest BCUT2D eigenvalue weighted by atomic mass is 10.2. The van der Waals surface area contributed by atoms with Crippen LogP contribution in [0.2, 0.25) is 0 Å². The number of aliphatic hydroxyl groups is 1. The average molecular weight is 301 g/mol. The monoisotopic (exact) mass is 301 g/mol. The number of sulfonamides is 1. The summed E-state index contributed by atoms with van der Waals surface area (Å²) in [5.74, 6) is 0. The molecule has 6 heteroatoms. The van der Waals surface area contributed by atoms with Crippen molar-refractivity contribution < 1.29 is 18.3 Å². The maximum Gasteiger partial charge on any atom is 0.243 e. The van der Waals surface area contributed by atoms with Crippen LogP contribution in [0.15, 0.2) is 29.2 Å². The van der Waals surface area contributed by atoms with Crippen LogP contribution in [0.25, 0.3) is 0 Å². The van der Waals surface area contributed by atoms with Crippen molar-refractivity contribution in [2.45, 2.75) is 37.8 Å². The number of hydrogen-bond donors (Lipinski definition) is 1. The summed E-state index contributed by atoms with van der Waals surface area (Å²) in [4.78, 5) is 0.166. The molecule has 5 nitrogen and oxygen atoms in total. The Bertz CT molecular complexity index is 516. The van der Waals surface area contributed by atoms with Crippen LogP contribution in [0.5, 0.6) is 0 Å². The number of nitrogens with zero attached hydrogens (tertiary/aromatic N) is 1. The van der Waals surface area contributed by atoms with Crippen molar-refractivity contribution in [2.75, 3.05) is 20.3 Å². The average Bonchev–Trinajstić information content (AvgIpc) is 2.46. The fourth-order valence-corrected chi connectivity index (χ4v) is 3.88. The van der Waals surface area contributed by atoms with Crippen LogP contribution in [0.3, 0.4) is 0 Å². The van der Waals surface area contributed by atoms with Crippen LogP contribution < -0.4 is 0 Å². The highest BCUT2D eigenvalue weighted by Crippen LogP contribution is 2.23. The lowest BCUT2D eigenvalue weighted by molar-refractivity contribution is 0.167. The number of methoxy groups -OCH3 is 1. The summed E-state index contributed by atoms with van der Waals surface area (Å²) in [5.41, 5.74) is 0.415. The molecular weight excluding hydrogens is 278 g/mol. The Morgan fingerprint density at radius 1 is 1.35 bits per heavy atom. The van der Waals surface area contributed by atoms with Gasteiger partial charge in [0, 0.05) is 19.7 Å². The molecule has 0 saturated heterocycles. The highest BCUT2D eigenvalue weighted by Gasteiger charge is 2.29. The first-order valence-corrected chi connectivity index (χ1v) is 8.12. The predicted molar refractivity (Wildman–Crippen MR) is 77.9 cm³/mol. The minimum Gasteiger partial charge on any atom is -0.392 e. The smallest absolute Gasteiger partial charge is 0.243 e. The fraction of sp³-hybridized carbons (Fsp3) is 0.571. The largest absolute Gasteiger partial charge is 0.392 e. The molecule has 1 rings (SSSR count). The van der Waals surface area contributed by atoms with Crippen LogP contribution >= 0.6 is 0 Å². The molecule has 0 radical (unpaired) electrons. The topological polar surface area (TPSA) is 66.8 Å². The molecule has 0 aliphatic heterocycles. The van der Waals surface area contributed by atoms with E-state index in [1.807, 2.05) is 13.8 Å². The third-order valence-electron chi connectivity index (χ3n) is 3.33. The summed E-state index contributed by atoms with van der Waals surface area (Å²) in [7, 11) is -2.09. The van der Waals surface area contributed by atoms with Crippen LogP contribution in [0, 0.1) is 0 Å². The van der Waals surface area contributed by atoms with Gasteiger partial charge in [-0.15, -0.1) is 0 Å². The second-order valence-electron chi connectivity index (χ2n) is 4.63. The molecule has 0 bridgehead atoms. The zero-order valence-electron chi connectivity index (χ0n) is 12.2. The van der Waals surface area contributed by atoms with Gasteiger partial charge >= 0.3 is 0 Å². The number of ether oxygens (including phenoxy) is 1. The molecule has 1 atom stereocenters. The summed E-state index contributed by atoms with van der Waals surface area (Å²) in [6.45, 7) is 4.15. The molecule has 0 aliphatic rings. The summed E-state index contributed by atoms with van der Waals surface area (Å²) < 4.78 is 32.0. The van der Waals surface area contributed by atoms with Crippen molar-refractivity contribution in [3.63, 3.8) is 0 Å². The second-order valence-corrected chi connectivity index (χ2v) is 6.49. The van der Waals surface area contributed by atoms with Crippen molar-refractivity contribution in [1.29, 1.82) is 0 Å². The van der Waals surface area contributed by atoms with Crippen LogP contribution in [0.4, 0.5) is 0 Å². The maximum atomic E-state index is 12.8. The van der Waals surface area contributed by atoms with Gasteiger partial charge in [0.05, 0.1) is 18.1 Å². The second kappa shape index (κ2) is 7.73. The molecule has 1 aromatic carbocycles. The van der Waals surface area contributed by atoms with Gasteiger partial charge in [-0.25, -0.2) is 8.42 Å². The van der Waals surface area contributed by atoms with Crippen molar-refractivity contribution in [3.8, 4) is 0 Å². The maximum absolute atomic E-state index is 12.8. The number of hydrogen-bond acceptors (Lipinski definition) is 4. The SMILES string of the molecule is CCC(C)N(CCOC)S(=O)(=O)c1ccccc1CO. The van der Waals surface area contributed by atoms with Crippen molar-refractivity contribution in [2.24, 2.45) is 0 Å². The number of benzene rings is 1. The Hall–Kier alpha value is -0.950. The summed E-state index contributed by atoms with van der Waals surface area (Å²) in [5, 5.41) is 9.33. The quantitative estimate of drug-likeness (QED) is 0.792. The molecule has 0 heterocycles. The lowest BCUT2D eigenvalue weighted by Gasteiger charge is -2.28. The van der Waals surface area contributed by atoms with E-state index in [1.165, 1.54) is 10.4 Å². The minimum absolute atomic E-state index is 0.123. The highest BCUT2D eigenvalue weighted by molar-refractivity contribution is 7.89. The van der Waals surface area contributed by atoms with Gasteiger partial charge in [-0.1, -0.05) is 25.1 Å². The first-order valence-electron chi connectivity index (χ1n) is 6.68. The predicted octanol–water partition coefficient (Wildman–Crippen LogP) is 1.61. The Balaban J connectivity index is 3.21. The Kier molecular flexibility index (Phi) is 6.61. The lowest BCUT2D eigenvalue weighted by Crippen LogP contribution is -2.40. The normalized spacial score (nSPS) is 13.7. The zero-order chi connectivity index (χ0) is 15.2. The zero-order valence-corrected chi connectivity index (χ0v) is 13.1. The van der Waals surface area contributed by atoms with Crippen LogP contribution in [-0.4, -0.2) is 44.1 Å². The fourth-order valence-electron chi connectivity index (χ4n) is 1.97. The van der Waals surface area contributed by atoms with Gasteiger partial charge in [0.15, 0.2) is 0 Å². The Labute approximate surface area is 121 Å². The van der Waals surface area contributed by atoms with E-state index in [4.69, 9.17) is 4.74 Å². The van der Waals surface area contributed by atoms with Gasteiger partial charge in [-0.3, -0.25) is 0 Å². The molecule has 0 fully saturated rings. The van der Waals surface area contributed by atoms with E-state index in [0.29, 0.717) is 25.1 Å². The van der Waals surface area contributed by atoms with E-state index in [0.717, 1.165) is 0 Å². The third kappa shape index (κ3) is 3.79. The molecule has 1 aromatic rings. The van der Waals surface area contributed by atoms with Crippen molar-refractivity contribution in [3.05, 3.63) is 29.8 Å². The van der Waals surface area contributed by atoms with Gasteiger partial charge in [-0.2, -0.15) is 4.31 Å². The van der Waals surface area contributed by atoms with Crippen molar-refractivity contribution >= 4 is 10.0 Å². The molecule has 0 aromatic heterocycles. The third-order valence-corrected chi connectivity index (χ3v) is 5.44. The van der Waals surface area contributed by atoms with Crippen LogP contribution in [-0.2, 0) is 21.4 Å². The first kappa shape index (κ1) is 17.1. The molecule has 1 N–H and O–H groups in total. The molecule has 1 unspecified atom stereocenters. The summed E-state index contributed by atoms with van der Waals surface area (Å²) >= 11 is 0. The van der Waals surface area contributed by atoms with Gasteiger partial charge in [0.2, 0.25) is 10.0 Å². The number of rotatable bonds is 8. The molecule has 0 aliphatic carbocycles. The Morgan fingerprint density at radius 3 is 2.55 bits per heavy atom. The molecule has 20 heavy (non-hydrogen) atoms. The summed E-state index contributed by atoms with van der Waals surface area (Å²) in [6.07, 6.45) is 0.713. The van der Waals surface area contributed by atoms with Gasteiger partial charge in [0.25, 0.3) is 0 Å². The van der Waals surface area contributed by atoms with Crippen molar-refractivity contribution in [1.82, 2.24) is 4.31 Å². The highest BCUT2D eigenvalue weighted by atomic mass is 32.2. The first-order chi connectivity index (χ1) is 9.48. The van der Waals surface area contributed by atoms with E-state index in [-0.39, 0.29) is 17.5 Å². The molecule has 0 spiro atoms. The van der Waals surface area contributed by atoms with E-state index >= 15 is 0 Å². The van der Waals surface area contributed by atoms with E-state index in [9.17, 15) is 13.5 Å². The molecule has 0 saturated carbocycles. The van der Waals surface area contributed by atoms with Gasteiger partial charge in [-0.05, 0) is 25.0 Å². The molecular formula is C14H23NO4S. The van der Waals surface area contributed by atoms with Gasteiger partial charge in [0.1, 0.15) is 0 Å². The molecule has 114 valence electrons. The Morgan fingerprint density at radius 2 is 2.00 bits per heavy atom. The van der Waals surface area contributed by atoms with E-state index in [2.05, 4.69) is 0 Å². The number of aliphatic hydroxyl groups excluding tert-OH is 1. The van der Waals surface area contributed by atoms with Crippen LogP contribution in [0.1, 0.15) is 25.8 Å².